The second-order valence-corrected chi connectivity index (χ2v) is 6.09. The first-order valence-electron chi connectivity index (χ1n) is 6.90. The first-order valence-corrected chi connectivity index (χ1v) is 7.70. The second kappa shape index (κ2) is 6.05. The van der Waals surface area contributed by atoms with Gasteiger partial charge in [0.1, 0.15) is 0 Å². The quantitative estimate of drug-likeness (QED) is 0.643. The van der Waals surface area contributed by atoms with Crippen molar-refractivity contribution in [2.45, 2.75) is 18.8 Å². The molecule has 7 nitrogen and oxygen atoms in total. The van der Waals surface area contributed by atoms with Crippen LogP contribution in [0, 0.1) is 10.1 Å². The largest absolute Gasteiger partial charge is 0.381 e. The van der Waals surface area contributed by atoms with Crippen molar-refractivity contribution in [1.82, 2.24) is 10.2 Å². The summed E-state index contributed by atoms with van der Waals surface area (Å²) in [7, 11) is 0. The molecule has 8 heteroatoms. The van der Waals surface area contributed by atoms with Crippen LogP contribution in [0.4, 0.5) is 5.69 Å². The van der Waals surface area contributed by atoms with Crippen molar-refractivity contribution in [3.8, 4) is 11.3 Å². The molecule has 0 bridgehead atoms. The van der Waals surface area contributed by atoms with Crippen LogP contribution < -0.4 is 5.56 Å². The smallest absolute Gasteiger partial charge is 0.278 e. The average Bonchev–Trinajstić information content (AvgIpc) is 2.89. The van der Waals surface area contributed by atoms with Crippen molar-refractivity contribution in [3.05, 3.63) is 48.7 Å². The highest BCUT2D eigenvalue weighted by atomic mass is 79.9. The number of aromatic amines is 2. The van der Waals surface area contributed by atoms with E-state index in [4.69, 9.17) is 4.74 Å². The summed E-state index contributed by atoms with van der Waals surface area (Å²) in [5.74, 6) is 0.0392. The van der Waals surface area contributed by atoms with Crippen LogP contribution in [0.2, 0.25) is 0 Å². The summed E-state index contributed by atoms with van der Waals surface area (Å²) in [4.78, 5) is 23.0. The standard InChI is InChI=1S/C14H14BrN3O4/c15-9-1-2-11(18(20)21)10(7-9)13-12(14(19)17-16-13)8-3-5-22-6-4-8/h1-2,7-8H,3-6H2,(H2,16,17,19). The van der Waals surface area contributed by atoms with Gasteiger partial charge in [0.15, 0.2) is 0 Å². The number of nitro groups is 1. The summed E-state index contributed by atoms with van der Waals surface area (Å²) in [6.07, 6.45) is 1.46. The maximum absolute atomic E-state index is 12.2. The molecule has 3 rings (SSSR count). The minimum absolute atomic E-state index is 0.0354. The van der Waals surface area contributed by atoms with Crippen molar-refractivity contribution in [2.24, 2.45) is 0 Å². The summed E-state index contributed by atoms with van der Waals surface area (Å²) in [6, 6.07) is 4.69. The zero-order valence-electron chi connectivity index (χ0n) is 11.6. The van der Waals surface area contributed by atoms with E-state index in [1.54, 1.807) is 12.1 Å². The summed E-state index contributed by atoms with van der Waals surface area (Å²) in [6.45, 7) is 1.19. The summed E-state index contributed by atoms with van der Waals surface area (Å²) < 4.78 is 6.04. The number of nitro benzene ring substituents is 1. The second-order valence-electron chi connectivity index (χ2n) is 5.17. The molecule has 0 atom stereocenters. The van der Waals surface area contributed by atoms with Gasteiger partial charge in [-0.3, -0.25) is 25.1 Å². The molecule has 0 saturated carbocycles. The lowest BCUT2D eigenvalue weighted by Gasteiger charge is -2.21. The molecule has 1 aliphatic heterocycles. The molecule has 0 amide bonds. The van der Waals surface area contributed by atoms with Crippen LogP contribution in [0.5, 0.6) is 0 Å². The van der Waals surface area contributed by atoms with Gasteiger partial charge in [-0.05, 0) is 30.9 Å². The number of nitrogens with one attached hydrogen (secondary N) is 2. The fourth-order valence-electron chi connectivity index (χ4n) is 2.82. The Hall–Kier alpha value is -1.93. The first-order chi connectivity index (χ1) is 10.6. The third-order valence-corrected chi connectivity index (χ3v) is 4.36. The fourth-order valence-corrected chi connectivity index (χ4v) is 3.18. The fraction of sp³-hybridized carbons (Fsp3) is 0.357. The highest BCUT2D eigenvalue weighted by Gasteiger charge is 2.27. The van der Waals surface area contributed by atoms with Gasteiger partial charge in [0.2, 0.25) is 0 Å². The van der Waals surface area contributed by atoms with E-state index in [1.807, 2.05) is 0 Å². The summed E-state index contributed by atoms with van der Waals surface area (Å²) >= 11 is 3.33. The van der Waals surface area contributed by atoms with Crippen LogP contribution in [-0.2, 0) is 4.74 Å². The van der Waals surface area contributed by atoms with E-state index in [0.29, 0.717) is 34.5 Å². The molecule has 2 heterocycles. The van der Waals surface area contributed by atoms with Crippen LogP contribution in [0.3, 0.4) is 0 Å². The van der Waals surface area contributed by atoms with Gasteiger partial charge in [0.25, 0.3) is 11.2 Å². The number of rotatable bonds is 3. The molecule has 1 aromatic heterocycles. The van der Waals surface area contributed by atoms with Gasteiger partial charge in [-0.15, -0.1) is 0 Å². The van der Waals surface area contributed by atoms with Crippen molar-refractivity contribution < 1.29 is 9.66 Å². The van der Waals surface area contributed by atoms with E-state index in [0.717, 1.165) is 12.8 Å². The molecule has 0 radical (unpaired) electrons. The van der Waals surface area contributed by atoms with Crippen LogP contribution in [-0.4, -0.2) is 28.3 Å². The number of hydrogen-bond donors (Lipinski definition) is 2. The normalized spacial score (nSPS) is 15.9. The monoisotopic (exact) mass is 367 g/mol. The van der Waals surface area contributed by atoms with Crippen LogP contribution in [0.1, 0.15) is 24.3 Å². The molecule has 22 heavy (non-hydrogen) atoms. The third kappa shape index (κ3) is 2.71. The van der Waals surface area contributed by atoms with Gasteiger partial charge >= 0.3 is 0 Å². The molecule has 1 saturated heterocycles. The third-order valence-electron chi connectivity index (χ3n) is 3.87. The molecular formula is C14H14BrN3O4. The Kier molecular flexibility index (Phi) is 4.12. The van der Waals surface area contributed by atoms with Crippen molar-refractivity contribution in [3.63, 3.8) is 0 Å². The molecule has 2 aromatic rings. The number of benzene rings is 1. The Labute approximate surface area is 134 Å². The summed E-state index contributed by atoms with van der Waals surface area (Å²) in [5.41, 5.74) is 1.21. The molecular weight excluding hydrogens is 354 g/mol. The van der Waals surface area contributed by atoms with E-state index in [9.17, 15) is 14.9 Å². The van der Waals surface area contributed by atoms with E-state index < -0.39 is 4.92 Å². The maximum atomic E-state index is 12.2. The zero-order valence-corrected chi connectivity index (χ0v) is 13.2. The number of nitrogens with zero attached hydrogens (tertiary/aromatic N) is 1. The van der Waals surface area contributed by atoms with Crippen LogP contribution >= 0.6 is 15.9 Å². The number of hydrogen-bond acceptors (Lipinski definition) is 4. The maximum Gasteiger partial charge on any atom is 0.278 e. The Balaban J connectivity index is 2.15. The zero-order chi connectivity index (χ0) is 15.7. The Morgan fingerprint density at radius 3 is 2.68 bits per heavy atom. The number of ether oxygens (including phenoxy) is 1. The first kappa shape index (κ1) is 15.0. The molecule has 1 aromatic carbocycles. The predicted octanol–water partition coefficient (Wildman–Crippen LogP) is 2.93. The highest BCUT2D eigenvalue weighted by Crippen LogP contribution is 2.36. The summed E-state index contributed by atoms with van der Waals surface area (Å²) in [5, 5.41) is 16.6. The minimum atomic E-state index is -0.444. The lowest BCUT2D eigenvalue weighted by molar-refractivity contribution is -0.384. The van der Waals surface area contributed by atoms with Gasteiger partial charge in [-0.2, -0.15) is 0 Å². The number of halogens is 1. The highest BCUT2D eigenvalue weighted by molar-refractivity contribution is 9.10. The molecule has 1 aliphatic rings. The Morgan fingerprint density at radius 1 is 1.27 bits per heavy atom. The molecule has 0 aliphatic carbocycles. The van der Waals surface area contributed by atoms with Crippen LogP contribution in [0.15, 0.2) is 27.5 Å². The van der Waals surface area contributed by atoms with E-state index in [2.05, 4.69) is 26.1 Å². The molecule has 2 N–H and O–H groups in total. The number of H-pyrrole nitrogens is 2. The van der Waals surface area contributed by atoms with E-state index in [-0.39, 0.29) is 17.2 Å². The van der Waals surface area contributed by atoms with E-state index >= 15 is 0 Å². The van der Waals surface area contributed by atoms with Gasteiger partial charge in [-0.25, -0.2) is 0 Å². The topological polar surface area (TPSA) is 101 Å². The van der Waals surface area contributed by atoms with Crippen molar-refractivity contribution in [2.75, 3.05) is 13.2 Å². The minimum Gasteiger partial charge on any atom is -0.381 e. The molecule has 0 spiro atoms. The van der Waals surface area contributed by atoms with Crippen molar-refractivity contribution in [1.29, 1.82) is 0 Å². The molecule has 1 fully saturated rings. The molecule has 0 unspecified atom stereocenters. The van der Waals surface area contributed by atoms with Gasteiger partial charge in [0, 0.05) is 29.3 Å². The Bertz CT molecular complexity index is 762. The van der Waals surface area contributed by atoms with Crippen LogP contribution in [0.25, 0.3) is 11.3 Å². The molecule has 116 valence electrons. The van der Waals surface area contributed by atoms with E-state index in [1.165, 1.54) is 6.07 Å². The van der Waals surface area contributed by atoms with Gasteiger partial charge < -0.3 is 4.74 Å². The SMILES string of the molecule is O=c1[nH][nH]c(-c2cc(Br)ccc2[N+](=O)[O-])c1C1CCOCC1. The number of aromatic nitrogens is 2. The Morgan fingerprint density at radius 2 is 2.00 bits per heavy atom. The predicted molar refractivity (Wildman–Crippen MR) is 84.0 cm³/mol. The lowest BCUT2D eigenvalue weighted by atomic mass is 9.89. The average molecular weight is 368 g/mol. The van der Waals surface area contributed by atoms with Gasteiger partial charge in [0.05, 0.1) is 16.2 Å². The van der Waals surface area contributed by atoms with Gasteiger partial charge in [-0.1, -0.05) is 15.9 Å². The van der Waals surface area contributed by atoms with Crippen molar-refractivity contribution >= 4 is 21.6 Å². The lowest BCUT2D eigenvalue weighted by Crippen LogP contribution is -2.19.